The largest absolute Gasteiger partial charge is 0.341 e. The van der Waals surface area contributed by atoms with Gasteiger partial charge in [0.05, 0.1) is 36.4 Å². The molecule has 0 spiro atoms. The molecule has 0 unspecified atom stereocenters. The highest BCUT2D eigenvalue weighted by Gasteiger charge is 2.19. The third-order valence-corrected chi connectivity index (χ3v) is 6.06. The Morgan fingerprint density at radius 2 is 1.44 bits per heavy atom. The molecule has 2 aromatic carbocycles. The summed E-state index contributed by atoms with van der Waals surface area (Å²) in [6.07, 6.45) is 15.3. The predicted octanol–water partition coefficient (Wildman–Crippen LogP) is 5.31. The number of imidazole rings is 2. The van der Waals surface area contributed by atoms with E-state index in [1.165, 1.54) is 17.5 Å². The molecule has 0 saturated carbocycles. The topological polar surface area (TPSA) is 81.4 Å². The summed E-state index contributed by atoms with van der Waals surface area (Å²) in [5.41, 5.74) is 6.82. The number of aromatic nitrogens is 4. The number of H-pyrrole nitrogens is 2. The van der Waals surface area contributed by atoms with E-state index in [0.29, 0.717) is 6.04 Å². The van der Waals surface area contributed by atoms with Gasteiger partial charge in [-0.05, 0) is 54.6 Å². The lowest BCUT2D eigenvalue weighted by molar-refractivity contribution is 0.613. The van der Waals surface area contributed by atoms with E-state index in [9.17, 15) is 0 Å². The average Bonchev–Trinajstić information content (AvgIpc) is 3.68. The molecule has 1 fully saturated rings. The van der Waals surface area contributed by atoms with E-state index in [0.717, 1.165) is 66.6 Å². The van der Waals surface area contributed by atoms with Crippen molar-refractivity contribution in [1.29, 1.82) is 0 Å². The summed E-state index contributed by atoms with van der Waals surface area (Å²) in [5.74, 6) is 2.01. The number of nitrogens with one attached hydrogen (secondary N) is 4. The second-order valence-corrected chi connectivity index (χ2v) is 8.41. The van der Waals surface area contributed by atoms with Gasteiger partial charge in [0.15, 0.2) is 0 Å². The molecule has 1 aliphatic heterocycles. The van der Waals surface area contributed by atoms with Crippen LogP contribution in [0.5, 0.6) is 0 Å². The molecule has 3 heterocycles. The summed E-state index contributed by atoms with van der Waals surface area (Å²) in [6, 6.07) is 17.7. The maximum Gasteiger partial charge on any atom is 0.123 e. The number of hydrogen-bond donors (Lipinski definition) is 4. The standard InChI is InChI=1S/C26H30N6.C2H2/c1-2-13-27-17-25-29-15-23(31-25)20-9-5-18(6-10-20)19-7-11-21(12-8-19)24-16-30-26(32-24)22-4-3-14-28-22;1-2/h5-12,15-16,22,27-28H,2-4,13-14,17H2,1H3,(H,29,31)(H,30,32);1-2H/t22-;/m0./s1. The van der Waals surface area contributed by atoms with Gasteiger partial charge >= 0.3 is 0 Å². The van der Waals surface area contributed by atoms with Crippen molar-refractivity contribution in [3.8, 4) is 46.5 Å². The maximum atomic E-state index is 4.59. The molecule has 1 atom stereocenters. The van der Waals surface area contributed by atoms with E-state index < -0.39 is 0 Å². The van der Waals surface area contributed by atoms with E-state index in [1.54, 1.807) is 0 Å². The molecule has 1 saturated heterocycles. The van der Waals surface area contributed by atoms with Crippen LogP contribution in [-0.2, 0) is 6.54 Å². The highest BCUT2D eigenvalue weighted by molar-refractivity contribution is 5.71. The Bertz CT molecular complexity index is 1180. The first-order valence-corrected chi connectivity index (χ1v) is 11.9. The third-order valence-electron chi connectivity index (χ3n) is 6.06. The molecule has 0 bridgehead atoms. The van der Waals surface area contributed by atoms with Gasteiger partial charge in [0.25, 0.3) is 0 Å². The van der Waals surface area contributed by atoms with Crippen molar-refractivity contribution in [2.24, 2.45) is 0 Å². The van der Waals surface area contributed by atoms with Crippen molar-refractivity contribution in [3.63, 3.8) is 0 Å². The van der Waals surface area contributed by atoms with Crippen LogP contribution in [0.2, 0.25) is 0 Å². The van der Waals surface area contributed by atoms with Crippen LogP contribution < -0.4 is 10.6 Å². The molecule has 4 aromatic rings. The minimum absolute atomic E-state index is 0.361. The van der Waals surface area contributed by atoms with Crippen LogP contribution in [0.1, 0.15) is 43.9 Å². The Kier molecular flexibility index (Phi) is 7.92. The van der Waals surface area contributed by atoms with Crippen LogP contribution in [0.25, 0.3) is 33.6 Å². The van der Waals surface area contributed by atoms with Gasteiger partial charge < -0.3 is 20.6 Å². The van der Waals surface area contributed by atoms with Gasteiger partial charge in [0.2, 0.25) is 0 Å². The molecule has 0 radical (unpaired) electrons. The molecule has 1 aliphatic rings. The first-order valence-electron chi connectivity index (χ1n) is 11.9. The monoisotopic (exact) mass is 452 g/mol. The van der Waals surface area contributed by atoms with Gasteiger partial charge in [0, 0.05) is 0 Å². The van der Waals surface area contributed by atoms with E-state index in [2.05, 4.69) is 98.9 Å². The zero-order chi connectivity index (χ0) is 23.8. The summed E-state index contributed by atoms with van der Waals surface area (Å²) < 4.78 is 0. The zero-order valence-electron chi connectivity index (χ0n) is 19.6. The van der Waals surface area contributed by atoms with Gasteiger partial charge in [-0.1, -0.05) is 55.5 Å². The summed E-state index contributed by atoms with van der Waals surface area (Å²) in [7, 11) is 0. The fourth-order valence-corrected chi connectivity index (χ4v) is 4.25. The van der Waals surface area contributed by atoms with Gasteiger partial charge in [0.1, 0.15) is 11.6 Å². The van der Waals surface area contributed by atoms with E-state index >= 15 is 0 Å². The van der Waals surface area contributed by atoms with Crippen molar-refractivity contribution in [2.45, 2.75) is 38.8 Å². The van der Waals surface area contributed by atoms with E-state index in [1.807, 2.05) is 12.4 Å². The minimum Gasteiger partial charge on any atom is -0.341 e. The second-order valence-electron chi connectivity index (χ2n) is 8.41. The van der Waals surface area contributed by atoms with Crippen molar-refractivity contribution < 1.29 is 0 Å². The number of benzene rings is 2. The van der Waals surface area contributed by atoms with Crippen molar-refractivity contribution in [2.75, 3.05) is 13.1 Å². The second kappa shape index (κ2) is 11.5. The van der Waals surface area contributed by atoms with Gasteiger partial charge in [-0.3, -0.25) is 0 Å². The predicted molar refractivity (Wildman–Crippen MR) is 139 cm³/mol. The fourth-order valence-electron chi connectivity index (χ4n) is 4.25. The van der Waals surface area contributed by atoms with E-state index in [4.69, 9.17) is 0 Å². The van der Waals surface area contributed by atoms with Crippen LogP contribution in [0, 0.1) is 12.8 Å². The molecule has 34 heavy (non-hydrogen) atoms. The van der Waals surface area contributed by atoms with Crippen LogP contribution in [0.4, 0.5) is 0 Å². The van der Waals surface area contributed by atoms with Crippen molar-refractivity contribution in [3.05, 3.63) is 72.6 Å². The quantitative estimate of drug-likeness (QED) is 0.216. The number of terminal acetylenes is 1. The molecule has 6 heteroatoms. The molecule has 2 aromatic heterocycles. The average molecular weight is 453 g/mol. The molecule has 5 rings (SSSR count). The first-order chi connectivity index (χ1) is 16.8. The molecule has 6 nitrogen and oxygen atoms in total. The van der Waals surface area contributed by atoms with Crippen LogP contribution >= 0.6 is 0 Å². The lowest BCUT2D eigenvalue weighted by atomic mass is 10.0. The number of nitrogens with zero attached hydrogens (tertiary/aromatic N) is 2. The maximum absolute atomic E-state index is 4.59. The summed E-state index contributed by atoms with van der Waals surface area (Å²) in [5, 5.41) is 6.87. The molecule has 174 valence electrons. The molecule has 0 amide bonds. The molecular weight excluding hydrogens is 420 g/mol. The highest BCUT2D eigenvalue weighted by Crippen LogP contribution is 2.28. The Morgan fingerprint density at radius 1 is 0.853 bits per heavy atom. The number of hydrogen-bond acceptors (Lipinski definition) is 4. The lowest BCUT2D eigenvalue weighted by Gasteiger charge is -2.06. The number of aromatic amines is 2. The van der Waals surface area contributed by atoms with Gasteiger partial charge in [-0.15, -0.1) is 12.8 Å². The van der Waals surface area contributed by atoms with Crippen LogP contribution in [0.3, 0.4) is 0 Å². The Hall–Kier alpha value is -3.66. The number of rotatable bonds is 8. The van der Waals surface area contributed by atoms with Crippen LogP contribution in [-0.4, -0.2) is 33.0 Å². The van der Waals surface area contributed by atoms with E-state index in [-0.39, 0.29) is 0 Å². The zero-order valence-corrected chi connectivity index (χ0v) is 19.6. The molecule has 0 aliphatic carbocycles. The Balaban J connectivity index is 0.00000133. The van der Waals surface area contributed by atoms with Crippen molar-refractivity contribution in [1.82, 2.24) is 30.6 Å². The Labute approximate surface area is 201 Å². The fraction of sp³-hybridized carbons (Fsp3) is 0.286. The minimum atomic E-state index is 0.361. The summed E-state index contributed by atoms with van der Waals surface area (Å²) >= 11 is 0. The smallest absolute Gasteiger partial charge is 0.123 e. The Morgan fingerprint density at radius 3 is 2.03 bits per heavy atom. The van der Waals surface area contributed by atoms with Crippen molar-refractivity contribution >= 4 is 0 Å². The molecular formula is C28H32N6. The van der Waals surface area contributed by atoms with Gasteiger partial charge in [-0.2, -0.15) is 0 Å². The van der Waals surface area contributed by atoms with Crippen LogP contribution in [0.15, 0.2) is 60.9 Å². The third kappa shape index (κ3) is 5.45. The molecule has 4 N–H and O–H groups in total. The first kappa shape index (κ1) is 23.5. The highest BCUT2D eigenvalue weighted by atomic mass is 15.0. The summed E-state index contributed by atoms with van der Waals surface area (Å²) in [6.45, 7) is 5.01. The lowest BCUT2D eigenvalue weighted by Crippen LogP contribution is -2.14. The SMILES string of the molecule is C#C.CCCNCc1ncc(-c2ccc(-c3ccc(-c4cnc([C@@H]5CCCN5)[nH]4)cc3)cc2)[nH]1. The van der Waals surface area contributed by atoms with Gasteiger partial charge in [-0.25, -0.2) is 9.97 Å². The normalized spacial score (nSPS) is 15.1. The summed E-state index contributed by atoms with van der Waals surface area (Å²) in [4.78, 5) is 16.0.